The lowest BCUT2D eigenvalue weighted by Crippen LogP contribution is -2.37. The normalized spacial score (nSPS) is 16.6. The van der Waals surface area contributed by atoms with E-state index in [-0.39, 0.29) is 36.5 Å². The van der Waals surface area contributed by atoms with Crippen molar-refractivity contribution in [1.29, 1.82) is 0 Å². The van der Waals surface area contributed by atoms with Crippen molar-refractivity contribution in [2.24, 2.45) is 10.9 Å². The van der Waals surface area contributed by atoms with Crippen LogP contribution in [0.4, 0.5) is 0 Å². The van der Waals surface area contributed by atoms with Gasteiger partial charge in [0.25, 0.3) is 5.91 Å². The maximum absolute atomic E-state index is 11.8. The number of ether oxygens (including phenoxy) is 1. The number of guanidine groups is 1. The van der Waals surface area contributed by atoms with Crippen LogP contribution in [0, 0.1) is 5.92 Å². The van der Waals surface area contributed by atoms with Crippen LogP contribution in [0.3, 0.4) is 0 Å². The van der Waals surface area contributed by atoms with Crippen molar-refractivity contribution >= 4 is 35.8 Å². The monoisotopic (exact) mass is 528 g/mol. The van der Waals surface area contributed by atoms with E-state index >= 15 is 0 Å². The summed E-state index contributed by atoms with van der Waals surface area (Å²) in [6.45, 7) is 1.68. The molecule has 0 unspecified atom stereocenters. The first kappa shape index (κ1) is 24.8. The molecule has 1 aromatic rings. The number of halogens is 1. The topological polar surface area (TPSA) is 74.8 Å². The van der Waals surface area contributed by atoms with Crippen molar-refractivity contribution in [3.63, 3.8) is 0 Å². The molecule has 6 nitrogen and oxygen atoms in total. The fourth-order valence-electron chi connectivity index (χ4n) is 3.86. The van der Waals surface area contributed by atoms with E-state index in [0.717, 1.165) is 36.8 Å². The third kappa shape index (κ3) is 9.53. The summed E-state index contributed by atoms with van der Waals surface area (Å²) in [6, 6.07) is 8.20. The van der Waals surface area contributed by atoms with Gasteiger partial charge >= 0.3 is 0 Å². The lowest BCUT2D eigenvalue weighted by molar-refractivity contribution is -0.123. The van der Waals surface area contributed by atoms with E-state index in [1.807, 2.05) is 24.3 Å². The molecule has 0 atom stereocenters. The third-order valence-corrected chi connectivity index (χ3v) is 5.70. The van der Waals surface area contributed by atoms with Crippen molar-refractivity contribution in [1.82, 2.24) is 16.0 Å². The van der Waals surface area contributed by atoms with Crippen molar-refractivity contribution < 1.29 is 9.53 Å². The number of carbonyl (C=O) groups is 1. The van der Waals surface area contributed by atoms with Crippen LogP contribution < -0.4 is 20.7 Å². The number of nitrogens with zero attached hydrogens (tertiary/aromatic N) is 1. The van der Waals surface area contributed by atoms with Crippen molar-refractivity contribution in [2.75, 3.05) is 20.2 Å². The zero-order chi connectivity index (χ0) is 20.3. The maximum atomic E-state index is 11.8. The highest BCUT2D eigenvalue weighted by molar-refractivity contribution is 14.0. The summed E-state index contributed by atoms with van der Waals surface area (Å²) in [6.07, 6.45) is 11.8. The van der Waals surface area contributed by atoms with E-state index in [9.17, 15) is 4.79 Å². The Kier molecular flexibility index (Phi) is 11.3. The van der Waals surface area contributed by atoms with Gasteiger partial charge < -0.3 is 20.7 Å². The minimum atomic E-state index is -0.0476. The first-order valence-electron chi connectivity index (χ1n) is 11.2. The molecule has 0 saturated heterocycles. The summed E-state index contributed by atoms with van der Waals surface area (Å²) in [5, 5.41) is 9.68. The zero-order valence-corrected chi connectivity index (χ0v) is 20.5. The molecule has 30 heavy (non-hydrogen) atoms. The minimum Gasteiger partial charge on any atom is -0.484 e. The van der Waals surface area contributed by atoms with E-state index in [1.165, 1.54) is 44.9 Å². The molecule has 1 aromatic carbocycles. The van der Waals surface area contributed by atoms with Crippen molar-refractivity contribution in [2.45, 2.75) is 70.4 Å². The van der Waals surface area contributed by atoms with Crippen LogP contribution in [-0.2, 0) is 11.3 Å². The number of rotatable bonds is 11. The minimum absolute atomic E-state index is 0. The highest BCUT2D eigenvalue weighted by Gasteiger charge is 2.23. The van der Waals surface area contributed by atoms with Crippen LogP contribution in [0.15, 0.2) is 29.3 Å². The van der Waals surface area contributed by atoms with Crippen LogP contribution in [0.2, 0.25) is 0 Å². The third-order valence-electron chi connectivity index (χ3n) is 5.70. The molecule has 2 saturated carbocycles. The average Bonchev–Trinajstić information content (AvgIpc) is 3.39. The van der Waals surface area contributed by atoms with Gasteiger partial charge in [-0.05, 0) is 42.9 Å². The van der Waals surface area contributed by atoms with Gasteiger partial charge in [0.1, 0.15) is 5.75 Å². The second-order valence-corrected chi connectivity index (χ2v) is 8.28. The molecule has 0 aliphatic heterocycles. The summed E-state index contributed by atoms with van der Waals surface area (Å²) < 4.78 is 5.62. The van der Waals surface area contributed by atoms with Crippen molar-refractivity contribution in [3.8, 4) is 5.75 Å². The van der Waals surface area contributed by atoms with E-state index in [2.05, 4.69) is 20.9 Å². The van der Waals surface area contributed by atoms with Gasteiger partial charge in [-0.1, -0.05) is 50.7 Å². The van der Waals surface area contributed by atoms with Gasteiger partial charge in [0.2, 0.25) is 0 Å². The van der Waals surface area contributed by atoms with Gasteiger partial charge in [-0.3, -0.25) is 9.79 Å². The Bertz CT molecular complexity index is 673. The van der Waals surface area contributed by atoms with E-state index in [4.69, 9.17) is 4.74 Å². The van der Waals surface area contributed by atoms with Crippen LogP contribution in [0.1, 0.15) is 63.4 Å². The van der Waals surface area contributed by atoms with Crippen LogP contribution >= 0.6 is 24.0 Å². The Balaban J connectivity index is 0.00000320. The number of hydrogen-bond donors (Lipinski definition) is 3. The number of aliphatic imine (C=N–C) groups is 1. The molecular weight excluding hydrogens is 491 g/mol. The first-order chi connectivity index (χ1) is 14.2. The molecule has 1 amide bonds. The molecule has 0 spiro atoms. The van der Waals surface area contributed by atoms with Gasteiger partial charge in [0.05, 0.1) is 0 Å². The number of benzene rings is 1. The number of hydrogen-bond acceptors (Lipinski definition) is 3. The van der Waals surface area contributed by atoms with Gasteiger partial charge in [-0.2, -0.15) is 0 Å². The molecule has 0 heterocycles. The molecule has 3 rings (SSSR count). The molecule has 168 valence electrons. The van der Waals surface area contributed by atoms with Gasteiger partial charge in [0, 0.05) is 26.2 Å². The molecule has 2 aliphatic carbocycles. The molecule has 3 N–H and O–H groups in total. The zero-order valence-electron chi connectivity index (χ0n) is 18.1. The summed E-state index contributed by atoms with van der Waals surface area (Å²) in [5.74, 6) is 2.46. The maximum Gasteiger partial charge on any atom is 0.258 e. The molecule has 0 aromatic heterocycles. The summed E-state index contributed by atoms with van der Waals surface area (Å²) in [7, 11) is 1.80. The fourth-order valence-corrected chi connectivity index (χ4v) is 3.86. The van der Waals surface area contributed by atoms with E-state index in [0.29, 0.717) is 18.3 Å². The van der Waals surface area contributed by atoms with Crippen molar-refractivity contribution in [3.05, 3.63) is 29.8 Å². The molecular formula is C23H37IN4O2. The molecule has 0 bridgehead atoms. The Morgan fingerprint density at radius 1 is 1.13 bits per heavy atom. The van der Waals surface area contributed by atoms with Crippen LogP contribution in [-0.4, -0.2) is 38.1 Å². The second-order valence-electron chi connectivity index (χ2n) is 8.28. The number of nitrogens with one attached hydrogen (secondary N) is 3. The SMILES string of the molecule is CN=C(NCCCCC1CCCC1)NCc1cccc(OCC(=O)NC2CC2)c1.I. The lowest BCUT2D eigenvalue weighted by Gasteiger charge is -2.13. The average molecular weight is 528 g/mol. The number of unbranched alkanes of at least 4 members (excludes halogenated alkanes) is 1. The Morgan fingerprint density at radius 3 is 2.67 bits per heavy atom. The van der Waals surface area contributed by atoms with Crippen LogP contribution in [0.5, 0.6) is 5.75 Å². The predicted molar refractivity (Wildman–Crippen MR) is 133 cm³/mol. The lowest BCUT2D eigenvalue weighted by atomic mass is 10.0. The van der Waals surface area contributed by atoms with Gasteiger partial charge in [-0.15, -0.1) is 24.0 Å². The second kappa shape index (κ2) is 13.7. The van der Waals surface area contributed by atoms with E-state index < -0.39 is 0 Å². The molecule has 7 heteroatoms. The Labute approximate surface area is 198 Å². The van der Waals surface area contributed by atoms with Crippen LogP contribution in [0.25, 0.3) is 0 Å². The predicted octanol–water partition coefficient (Wildman–Crippen LogP) is 3.99. The smallest absolute Gasteiger partial charge is 0.258 e. The standard InChI is InChI=1S/C23H36N4O2.HI/c1-24-23(25-14-5-4-9-18-7-2-3-8-18)26-16-19-10-6-11-21(15-19)29-17-22(28)27-20-12-13-20;/h6,10-11,15,18,20H,2-5,7-9,12-14,16-17H2,1H3,(H,27,28)(H2,24,25,26);1H. The Morgan fingerprint density at radius 2 is 1.93 bits per heavy atom. The highest BCUT2D eigenvalue weighted by atomic mass is 127. The summed E-state index contributed by atoms with van der Waals surface area (Å²) >= 11 is 0. The largest absolute Gasteiger partial charge is 0.484 e. The summed E-state index contributed by atoms with van der Waals surface area (Å²) in [5.41, 5.74) is 1.09. The van der Waals surface area contributed by atoms with Gasteiger partial charge in [-0.25, -0.2) is 0 Å². The first-order valence-corrected chi connectivity index (χ1v) is 11.2. The highest BCUT2D eigenvalue weighted by Crippen LogP contribution is 2.28. The summed E-state index contributed by atoms with van der Waals surface area (Å²) in [4.78, 5) is 16.1. The number of amides is 1. The number of carbonyl (C=O) groups excluding carboxylic acids is 1. The van der Waals surface area contributed by atoms with Gasteiger partial charge in [0.15, 0.2) is 12.6 Å². The Hall–Kier alpha value is -1.51. The molecule has 0 radical (unpaired) electrons. The quantitative estimate of drug-likeness (QED) is 0.176. The fraction of sp³-hybridized carbons (Fsp3) is 0.652. The van der Waals surface area contributed by atoms with E-state index in [1.54, 1.807) is 7.05 Å². The molecule has 2 aliphatic rings. The molecule has 2 fully saturated rings.